The highest BCUT2D eigenvalue weighted by Gasteiger charge is 2.12. The molecule has 0 saturated heterocycles. The van der Waals surface area contributed by atoms with Crippen molar-refractivity contribution in [2.24, 2.45) is 0 Å². The number of ether oxygens (including phenoxy) is 1. The number of halogens is 2. The van der Waals surface area contributed by atoms with Crippen molar-refractivity contribution in [2.75, 3.05) is 6.61 Å². The molecule has 0 atom stereocenters. The van der Waals surface area contributed by atoms with Crippen LogP contribution in [0, 0.1) is 7.14 Å². The lowest BCUT2D eigenvalue weighted by molar-refractivity contribution is 0.0920. The first kappa shape index (κ1) is 15.4. The maximum atomic E-state index is 12.0. The monoisotopic (exact) mass is 492 g/mol. The molecule has 2 aromatic rings. The molecule has 0 radical (unpaired) electrons. The van der Waals surface area contributed by atoms with Crippen LogP contribution >= 0.6 is 45.2 Å². The molecule has 0 unspecified atom stereocenters. The van der Waals surface area contributed by atoms with E-state index in [1.165, 1.54) is 0 Å². The van der Waals surface area contributed by atoms with Crippen LogP contribution in [0.15, 0.2) is 42.5 Å². The van der Waals surface area contributed by atoms with E-state index in [1.807, 2.05) is 18.2 Å². The van der Waals surface area contributed by atoms with Crippen LogP contribution in [0.25, 0.3) is 0 Å². The second-order valence-corrected chi connectivity index (χ2v) is 6.33. The molecule has 102 valence electrons. The van der Waals surface area contributed by atoms with Crippen molar-refractivity contribution in [3.05, 3.63) is 60.7 Å². The highest BCUT2D eigenvalue weighted by molar-refractivity contribution is 14.1. The Morgan fingerprint density at radius 3 is 2.25 bits per heavy atom. The van der Waals surface area contributed by atoms with Crippen LogP contribution < -0.4 is 4.74 Å². The Morgan fingerprint density at radius 1 is 1.10 bits per heavy atom. The molecule has 0 aliphatic carbocycles. The molecule has 0 saturated carbocycles. The van der Waals surface area contributed by atoms with Crippen molar-refractivity contribution in [2.45, 2.75) is 0 Å². The van der Waals surface area contributed by atoms with Crippen LogP contribution in [0.5, 0.6) is 5.75 Å². The molecular weight excluding hydrogens is 482 g/mol. The number of ketones is 1. The third-order valence-electron chi connectivity index (χ3n) is 2.60. The summed E-state index contributed by atoms with van der Waals surface area (Å²) in [4.78, 5) is 22.7. The van der Waals surface area contributed by atoms with Gasteiger partial charge in [-0.1, -0.05) is 30.3 Å². The van der Waals surface area contributed by atoms with Gasteiger partial charge in [-0.05, 0) is 57.3 Å². The quantitative estimate of drug-likeness (QED) is 0.361. The number of carbonyl (C=O) groups excluding carboxylic acids is 2. The van der Waals surface area contributed by atoms with Gasteiger partial charge in [0.25, 0.3) is 0 Å². The van der Waals surface area contributed by atoms with Crippen molar-refractivity contribution < 1.29 is 14.3 Å². The van der Waals surface area contributed by atoms with Gasteiger partial charge in [-0.3, -0.25) is 9.59 Å². The summed E-state index contributed by atoms with van der Waals surface area (Å²) < 4.78 is 7.24. The number of benzene rings is 2. The van der Waals surface area contributed by atoms with Gasteiger partial charge in [0.05, 0.1) is 7.14 Å². The van der Waals surface area contributed by atoms with E-state index < -0.39 is 0 Å². The van der Waals surface area contributed by atoms with E-state index in [2.05, 4.69) is 45.2 Å². The molecule has 0 spiro atoms. The molecule has 0 aliphatic rings. The van der Waals surface area contributed by atoms with Crippen molar-refractivity contribution in [1.82, 2.24) is 0 Å². The average Bonchev–Trinajstić information content (AvgIpc) is 2.46. The summed E-state index contributed by atoms with van der Waals surface area (Å²) in [5.74, 6) is 0.567. The number of hydrogen-bond donors (Lipinski definition) is 0. The van der Waals surface area contributed by atoms with Crippen molar-refractivity contribution in [3.8, 4) is 5.75 Å². The molecule has 3 nitrogen and oxygen atoms in total. The first-order valence-corrected chi connectivity index (χ1v) is 7.93. The van der Waals surface area contributed by atoms with Crippen molar-refractivity contribution >= 4 is 57.3 Å². The Labute approximate surface area is 144 Å². The smallest absolute Gasteiger partial charge is 0.200 e. The Hall–Kier alpha value is -0.960. The predicted molar refractivity (Wildman–Crippen MR) is 93.5 cm³/mol. The number of Topliss-reactive ketones (excluding diaryl/α,β-unsaturated/α-hetero) is 1. The molecule has 0 fully saturated rings. The summed E-state index contributed by atoms with van der Waals surface area (Å²) in [6, 6.07) is 12.5. The second-order valence-electron chi connectivity index (χ2n) is 4.01. The third kappa shape index (κ3) is 3.78. The lowest BCUT2D eigenvalue weighted by atomic mass is 10.1. The molecule has 2 aromatic carbocycles. The molecule has 0 aliphatic heterocycles. The van der Waals surface area contributed by atoms with E-state index in [-0.39, 0.29) is 12.4 Å². The largest absolute Gasteiger partial charge is 0.483 e. The molecular formula is C15H10I2O3. The van der Waals surface area contributed by atoms with Gasteiger partial charge in [0.15, 0.2) is 12.4 Å². The topological polar surface area (TPSA) is 43.4 Å². The number of hydrogen-bond acceptors (Lipinski definition) is 3. The summed E-state index contributed by atoms with van der Waals surface area (Å²) in [7, 11) is 0. The maximum Gasteiger partial charge on any atom is 0.200 e. The second kappa shape index (κ2) is 7.16. The van der Waals surface area contributed by atoms with Gasteiger partial charge < -0.3 is 4.74 Å². The van der Waals surface area contributed by atoms with Gasteiger partial charge in [-0.25, -0.2) is 0 Å². The normalized spacial score (nSPS) is 10.1. The highest BCUT2D eigenvalue weighted by Crippen LogP contribution is 2.28. The average molecular weight is 492 g/mol. The van der Waals surface area contributed by atoms with Gasteiger partial charge in [-0.2, -0.15) is 0 Å². The van der Waals surface area contributed by atoms with E-state index in [0.29, 0.717) is 16.9 Å². The van der Waals surface area contributed by atoms with E-state index in [9.17, 15) is 9.59 Å². The van der Waals surface area contributed by atoms with Crippen LogP contribution in [-0.4, -0.2) is 18.7 Å². The van der Waals surface area contributed by atoms with Gasteiger partial charge in [0, 0.05) is 11.1 Å². The van der Waals surface area contributed by atoms with Gasteiger partial charge in [-0.15, -0.1) is 0 Å². The summed E-state index contributed by atoms with van der Waals surface area (Å²) in [6.07, 6.45) is 0.795. The van der Waals surface area contributed by atoms with Gasteiger partial charge in [0.1, 0.15) is 12.0 Å². The van der Waals surface area contributed by atoms with Crippen LogP contribution in [0.1, 0.15) is 20.7 Å². The van der Waals surface area contributed by atoms with Crippen LogP contribution in [0.4, 0.5) is 0 Å². The van der Waals surface area contributed by atoms with E-state index in [4.69, 9.17) is 4.74 Å². The zero-order valence-corrected chi connectivity index (χ0v) is 14.6. The van der Waals surface area contributed by atoms with E-state index in [1.54, 1.807) is 24.3 Å². The van der Waals surface area contributed by atoms with Crippen LogP contribution in [0.3, 0.4) is 0 Å². The Bertz CT molecular complexity index is 616. The first-order valence-electron chi connectivity index (χ1n) is 5.77. The van der Waals surface area contributed by atoms with E-state index in [0.717, 1.165) is 13.4 Å². The van der Waals surface area contributed by atoms with Crippen molar-refractivity contribution in [3.63, 3.8) is 0 Å². The molecule has 20 heavy (non-hydrogen) atoms. The Balaban J connectivity index is 2.12. The predicted octanol–water partition coefficient (Wildman–Crippen LogP) is 3.97. The standard InChI is InChI=1S/C15H10I2O3/c16-12-6-10(8-18)7-13(17)15(12)20-9-14(19)11-4-2-1-3-5-11/h1-8H,9H2. The highest BCUT2D eigenvalue weighted by atomic mass is 127. The molecule has 0 aromatic heterocycles. The fourth-order valence-corrected chi connectivity index (χ4v) is 3.76. The zero-order chi connectivity index (χ0) is 14.5. The summed E-state index contributed by atoms with van der Waals surface area (Å²) in [5.41, 5.74) is 1.22. The summed E-state index contributed by atoms with van der Waals surface area (Å²) >= 11 is 4.19. The summed E-state index contributed by atoms with van der Waals surface area (Å²) in [6.45, 7) is -0.0174. The Kier molecular flexibility index (Phi) is 5.53. The third-order valence-corrected chi connectivity index (χ3v) is 4.20. The molecule has 0 N–H and O–H groups in total. The van der Waals surface area contributed by atoms with Gasteiger partial charge >= 0.3 is 0 Å². The SMILES string of the molecule is O=Cc1cc(I)c(OCC(=O)c2ccccc2)c(I)c1. The first-order chi connectivity index (χ1) is 9.61. The number of rotatable bonds is 5. The zero-order valence-electron chi connectivity index (χ0n) is 10.3. The minimum atomic E-state index is -0.0725. The Morgan fingerprint density at radius 2 is 1.70 bits per heavy atom. The molecule has 0 amide bonds. The minimum Gasteiger partial charge on any atom is -0.483 e. The molecule has 2 rings (SSSR count). The molecule has 0 bridgehead atoms. The van der Waals surface area contributed by atoms with Gasteiger partial charge in [0.2, 0.25) is 0 Å². The lowest BCUT2D eigenvalue weighted by Gasteiger charge is -2.10. The number of carbonyl (C=O) groups is 2. The van der Waals surface area contributed by atoms with Crippen molar-refractivity contribution in [1.29, 1.82) is 0 Å². The van der Waals surface area contributed by atoms with Crippen LogP contribution in [0.2, 0.25) is 0 Å². The fraction of sp³-hybridized carbons (Fsp3) is 0.0667. The van der Waals surface area contributed by atoms with E-state index >= 15 is 0 Å². The molecule has 5 heteroatoms. The van der Waals surface area contributed by atoms with Crippen LogP contribution in [-0.2, 0) is 0 Å². The minimum absolute atomic E-state index is 0.0174. The summed E-state index contributed by atoms with van der Waals surface area (Å²) in [5, 5.41) is 0. The number of aldehydes is 1. The molecule has 0 heterocycles. The lowest BCUT2D eigenvalue weighted by Crippen LogP contribution is -2.12. The maximum absolute atomic E-state index is 12.0. The fourth-order valence-electron chi connectivity index (χ4n) is 1.63.